The van der Waals surface area contributed by atoms with Crippen molar-refractivity contribution in [2.45, 2.75) is 0 Å². The number of nitrogens with one attached hydrogen (secondary N) is 2. The Morgan fingerprint density at radius 3 is 2.62 bits per heavy atom. The van der Waals surface area contributed by atoms with Gasteiger partial charge >= 0.3 is 0 Å². The molecule has 6 heteroatoms. The standard InChI is InChI=1S/C15H13Cl2N3O/c16-12-7-6-11(14(17)8-12)9-19-20-15(21)10-18-13-4-2-1-3-5-13/h1-9,18H,10H2,(H,20,21)/b19-9-. The van der Waals surface area contributed by atoms with Gasteiger partial charge in [0, 0.05) is 16.3 Å². The molecule has 0 unspecified atom stereocenters. The summed E-state index contributed by atoms with van der Waals surface area (Å²) in [6.07, 6.45) is 1.47. The highest BCUT2D eigenvalue weighted by Gasteiger charge is 2.00. The summed E-state index contributed by atoms with van der Waals surface area (Å²) in [5.74, 6) is -0.250. The maximum atomic E-state index is 11.6. The van der Waals surface area contributed by atoms with E-state index in [1.165, 1.54) is 6.21 Å². The topological polar surface area (TPSA) is 53.5 Å². The van der Waals surface area contributed by atoms with E-state index in [0.717, 1.165) is 5.69 Å². The largest absolute Gasteiger partial charge is 0.376 e. The molecule has 2 rings (SSSR count). The molecule has 2 aromatic rings. The van der Waals surface area contributed by atoms with E-state index in [4.69, 9.17) is 23.2 Å². The molecular formula is C15H13Cl2N3O. The number of carbonyl (C=O) groups excluding carboxylic acids is 1. The van der Waals surface area contributed by atoms with Crippen molar-refractivity contribution in [2.75, 3.05) is 11.9 Å². The van der Waals surface area contributed by atoms with Crippen LogP contribution in [0.4, 0.5) is 5.69 Å². The van der Waals surface area contributed by atoms with Gasteiger partial charge in [0.05, 0.1) is 17.8 Å². The second-order valence-electron chi connectivity index (χ2n) is 4.18. The smallest absolute Gasteiger partial charge is 0.259 e. The Morgan fingerprint density at radius 2 is 1.90 bits per heavy atom. The SMILES string of the molecule is O=C(CNc1ccccc1)N/N=C\c1ccc(Cl)cc1Cl. The van der Waals surface area contributed by atoms with Crippen LogP contribution in [-0.2, 0) is 4.79 Å². The zero-order valence-electron chi connectivity index (χ0n) is 11.0. The molecule has 0 fully saturated rings. The average Bonchev–Trinajstić information content (AvgIpc) is 2.48. The van der Waals surface area contributed by atoms with Gasteiger partial charge in [-0.2, -0.15) is 5.10 Å². The van der Waals surface area contributed by atoms with E-state index in [9.17, 15) is 4.79 Å². The first kappa shape index (κ1) is 15.4. The van der Waals surface area contributed by atoms with Gasteiger partial charge in [0.15, 0.2) is 0 Å². The second-order valence-corrected chi connectivity index (χ2v) is 5.02. The minimum absolute atomic E-state index is 0.135. The lowest BCUT2D eigenvalue weighted by Gasteiger charge is -2.04. The Bertz CT molecular complexity index is 645. The number of rotatable bonds is 5. The van der Waals surface area contributed by atoms with Crippen LogP contribution in [0.5, 0.6) is 0 Å². The van der Waals surface area contributed by atoms with Crippen molar-refractivity contribution in [3.8, 4) is 0 Å². The fourth-order valence-corrected chi connectivity index (χ4v) is 2.02. The molecule has 108 valence electrons. The molecule has 0 atom stereocenters. The van der Waals surface area contributed by atoms with Gasteiger partial charge in [0.2, 0.25) is 0 Å². The molecule has 0 bridgehead atoms. The van der Waals surface area contributed by atoms with E-state index in [1.807, 2.05) is 30.3 Å². The molecule has 0 aromatic heterocycles. The zero-order chi connectivity index (χ0) is 15.1. The number of hydrazone groups is 1. The molecule has 0 aliphatic rings. The quantitative estimate of drug-likeness (QED) is 0.653. The molecule has 0 aliphatic heterocycles. The number of hydrogen-bond donors (Lipinski definition) is 2. The molecule has 0 saturated heterocycles. The Hall–Kier alpha value is -2.04. The number of anilines is 1. The van der Waals surface area contributed by atoms with Crippen LogP contribution in [0.1, 0.15) is 5.56 Å². The highest BCUT2D eigenvalue weighted by atomic mass is 35.5. The monoisotopic (exact) mass is 321 g/mol. The van der Waals surface area contributed by atoms with Gasteiger partial charge in [-0.1, -0.05) is 47.5 Å². The van der Waals surface area contributed by atoms with Crippen LogP contribution in [0.3, 0.4) is 0 Å². The summed E-state index contributed by atoms with van der Waals surface area (Å²) in [6, 6.07) is 14.5. The first-order valence-corrected chi connectivity index (χ1v) is 6.96. The minimum atomic E-state index is -0.250. The van der Waals surface area contributed by atoms with Crippen LogP contribution in [0, 0.1) is 0 Å². The summed E-state index contributed by atoms with van der Waals surface area (Å²) in [4.78, 5) is 11.6. The molecule has 2 N–H and O–H groups in total. The fraction of sp³-hybridized carbons (Fsp3) is 0.0667. The van der Waals surface area contributed by atoms with Crippen molar-refractivity contribution in [3.05, 3.63) is 64.1 Å². The van der Waals surface area contributed by atoms with E-state index in [2.05, 4.69) is 15.8 Å². The van der Waals surface area contributed by atoms with Gasteiger partial charge in [0.1, 0.15) is 0 Å². The lowest BCUT2D eigenvalue weighted by Crippen LogP contribution is -2.25. The molecule has 0 heterocycles. The number of benzene rings is 2. The van der Waals surface area contributed by atoms with Crippen molar-refractivity contribution in [1.82, 2.24) is 5.43 Å². The number of para-hydroxylation sites is 1. The third-order valence-electron chi connectivity index (χ3n) is 2.58. The van der Waals surface area contributed by atoms with Gasteiger partial charge in [0.25, 0.3) is 5.91 Å². The molecule has 0 radical (unpaired) electrons. The van der Waals surface area contributed by atoms with Crippen LogP contribution in [0.2, 0.25) is 10.0 Å². The van der Waals surface area contributed by atoms with E-state index in [1.54, 1.807) is 18.2 Å². The van der Waals surface area contributed by atoms with Crippen LogP contribution >= 0.6 is 23.2 Å². The van der Waals surface area contributed by atoms with Crippen molar-refractivity contribution in [3.63, 3.8) is 0 Å². The number of amides is 1. The molecule has 0 saturated carbocycles. The molecule has 2 aromatic carbocycles. The van der Waals surface area contributed by atoms with Gasteiger partial charge in [-0.25, -0.2) is 5.43 Å². The van der Waals surface area contributed by atoms with Crippen molar-refractivity contribution in [2.24, 2.45) is 5.10 Å². The Labute approximate surface area is 132 Å². The summed E-state index contributed by atoms with van der Waals surface area (Å²) in [6.45, 7) is 0.135. The minimum Gasteiger partial charge on any atom is -0.376 e. The van der Waals surface area contributed by atoms with Crippen molar-refractivity contribution >= 4 is 41.0 Å². The van der Waals surface area contributed by atoms with E-state index in [-0.39, 0.29) is 12.5 Å². The fourth-order valence-electron chi connectivity index (χ4n) is 1.56. The molecule has 4 nitrogen and oxygen atoms in total. The maximum absolute atomic E-state index is 11.6. The first-order chi connectivity index (χ1) is 10.1. The molecular weight excluding hydrogens is 309 g/mol. The van der Waals surface area contributed by atoms with Gasteiger partial charge in [-0.15, -0.1) is 0 Å². The molecule has 0 spiro atoms. The van der Waals surface area contributed by atoms with Gasteiger partial charge in [-0.3, -0.25) is 4.79 Å². The predicted molar refractivity (Wildman–Crippen MR) is 87.1 cm³/mol. The highest BCUT2D eigenvalue weighted by molar-refractivity contribution is 6.36. The molecule has 21 heavy (non-hydrogen) atoms. The molecule has 0 aliphatic carbocycles. The van der Waals surface area contributed by atoms with E-state index in [0.29, 0.717) is 15.6 Å². The first-order valence-electron chi connectivity index (χ1n) is 6.21. The van der Waals surface area contributed by atoms with E-state index < -0.39 is 0 Å². The van der Waals surface area contributed by atoms with Gasteiger partial charge < -0.3 is 5.32 Å². The number of nitrogens with zero attached hydrogens (tertiary/aromatic N) is 1. The highest BCUT2D eigenvalue weighted by Crippen LogP contribution is 2.19. The number of hydrogen-bond acceptors (Lipinski definition) is 3. The average molecular weight is 322 g/mol. The van der Waals surface area contributed by atoms with Crippen LogP contribution in [-0.4, -0.2) is 18.7 Å². The number of carbonyl (C=O) groups is 1. The third kappa shape index (κ3) is 5.10. The Kier molecular flexibility index (Phi) is 5.60. The Balaban J connectivity index is 1.82. The summed E-state index contributed by atoms with van der Waals surface area (Å²) in [5, 5.41) is 7.86. The van der Waals surface area contributed by atoms with Crippen molar-refractivity contribution < 1.29 is 4.79 Å². The summed E-state index contributed by atoms with van der Waals surface area (Å²) in [7, 11) is 0. The summed E-state index contributed by atoms with van der Waals surface area (Å²) in [5.41, 5.74) is 3.97. The molecule has 1 amide bonds. The lowest BCUT2D eigenvalue weighted by molar-refractivity contribution is -0.119. The number of halogens is 2. The van der Waals surface area contributed by atoms with Crippen LogP contribution < -0.4 is 10.7 Å². The van der Waals surface area contributed by atoms with E-state index >= 15 is 0 Å². The second kappa shape index (κ2) is 7.67. The maximum Gasteiger partial charge on any atom is 0.259 e. The Morgan fingerprint density at radius 1 is 1.14 bits per heavy atom. The predicted octanol–water partition coefficient (Wildman–Crippen LogP) is 3.56. The normalized spacial score (nSPS) is 10.6. The summed E-state index contributed by atoms with van der Waals surface area (Å²) >= 11 is 11.8. The van der Waals surface area contributed by atoms with Crippen molar-refractivity contribution in [1.29, 1.82) is 0 Å². The van der Waals surface area contributed by atoms with Gasteiger partial charge in [-0.05, 0) is 24.3 Å². The zero-order valence-corrected chi connectivity index (χ0v) is 12.5. The lowest BCUT2D eigenvalue weighted by atomic mass is 10.2. The van der Waals surface area contributed by atoms with Crippen LogP contribution in [0.25, 0.3) is 0 Å². The van der Waals surface area contributed by atoms with Crippen LogP contribution in [0.15, 0.2) is 53.6 Å². The third-order valence-corrected chi connectivity index (χ3v) is 3.14. The summed E-state index contributed by atoms with van der Waals surface area (Å²) < 4.78 is 0.